The second kappa shape index (κ2) is 7.30. The lowest BCUT2D eigenvalue weighted by molar-refractivity contribution is 0.0526. The van der Waals surface area contributed by atoms with Crippen molar-refractivity contribution >= 4 is 11.9 Å². The number of carbonyl (C=O) groups is 2. The number of carbonyl (C=O) groups excluding carboxylic acids is 2. The molecule has 4 heteroatoms. The monoisotopic (exact) mass is 326 g/mol. The Balaban J connectivity index is 2.05. The van der Waals surface area contributed by atoms with Gasteiger partial charge in [0.2, 0.25) is 0 Å². The number of hydrogen-bond acceptors (Lipinski definition) is 4. The summed E-state index contributed by atoms with van der Waals surface area (Å²) in [5.74, 6) is -0.444. The van der Waals surface area contributed by atoms with Gasteiger partial charge in [-0.2, -0.15) is 0 Å². The maximum atomic E-state index is 12.2. The molecule has 0 fully saturated rings. The van der Waals surface area contributed by atoms with Crippen LogP contribution in [0.1, 0.15) is 54.0 Å². The molecule has 0 radical (unpaired) electrons. The Morgan fingerprint density at radius 2 is 1.33 bits per heavy atom. The summed E-state index contributed by atoms with van der Waals surface area (Å²) in [6.07, 6.45) is 0. The predicted octanol–water partition coefficient (Wildman–Crippen LogP) is 4.38. The van der Waals surface area contributed by atoms with Gasteiger partial charge >= 0.3 is 11.9 Å². The first kappa shape index (κ1) is 17.7. The van der Waals surface area contributed by atoms with Gasteiger partial charge in [-0.25, -0.2) is 9.59 Å². The van der Waals surface area contributed by atoms with Crippen molar-refractivity contribution in [3.63, 3.8) is 0 Å². The highest BCUT2D eigenvalue weighted by Gasteiger charge is 2.15. The molecule has 0 saturated carbocycles. The summed E-state index contributed by atoms with van der Waals surface area (Å²) in [5.41, 5.74) is 2.09. The van der Waals surface area contributed by atoms with E-state index in [0.29, 0.717) is 23.5 Å². The molecule has 0 N–H and O–H groups in total. The van der Waals surface area contributed by atoms with Crippen LogP contribution >= 0.6 is 0 Å². The standard InChI is InChI=1S/C20H22O4/c1-5-23-18(21)14-8-12-17(13-9-14)24-19(22)15-6-10-16(11-7-15)20(2,3)4/h6-13H,5H2,1-4H3. The van der Waals surface area contributed by atoms with E-state index in [1.807, 2.05) is 12.1 Å². The molecule has 2 aromatic rings. The van der Waals surface area contributed by atoms with E-state index < -0.39 is 11.9 Å². The molecular formula is C20H22O4. The summed E-state index contributed by atoms with van der Waals surface area (Å²) >= 11 is 0. The highest BCUT2D eigenvalue weighted by atomic mass is 16.5. The molecule has 0 aliphatic heterocycles. The van der Waals surface area contributed by atoms with E-state index in [4.69, 9.17) is 9.47 Å². The molecular weight excluding hydrogens is 304 g/mol. The maximum absolute atomic E-state index is 12.2. The lowest BCUT2D eigenvalue weighted by atomic mass is 9.87. The first-order chi connectivity index (χ1) is 11.3. The van der Waals surface area contributed by atoms with Crippen LogP contribution in [0.2, 0.25) is 0 Å². The van der Waals surface area contributed by atoms with Crippen LogP contribution in [0.3, 0.4) is 0 Å². The zero-order chi connectivity index (χ0) is 17.7. The molecule has 0 spiro atoms. The molecule has 2 rings (SSSR count). The molecule has 126 valence electrons. The third-order valence-corrected chi connectivity index (χ3v) is 3.56. The number of hydrogen-bond donors (Lipinski definition) is 0. The molecule has 4 nitrogen and oxygen atoms in total. The second-order valence-electron chi connectivity index (χ2n) is 6.46. The van der Waals surface area contributed by atoms with Gasteiger partial charge in [0.05, 0.1) is 17.7 Å². The van der Waals surface area contributed by atoms with Crippen molar-refractivity contribution in [2.24, 2.45) is 0 Å². The van der Waals surface area contributed by atoms with Crippen molar-refractivity contribution in [2.75, 3.05) is 6.61 Å². The van der Waals surface area contributed by atoms with Crippen molar-refractivity contribution < 1.29 is 19.1 Å². The number of ether oxygens (including phenoxy) is 2. The van der Waals surface area contributed by atoms with E-state index in [2.05, 4.69) is 20.8 Å². The van der Waals surface area contributed by atoms with Crippen LogP contribution in [0.5, 0.6) is 5.75 Å². The minimum atomic E-state index is -0.431. The zero-order valence-electron chi connectivity index (χ0n) is 14.5. The summed E-state index contributed by atoms with van der Waals surface area (Å²) in [6, 6.07) is 13.7. The Hall–Kier alpha value is -2.62. The molecule has 0 unspecified atom stereocenters. The van der Waals surface area contributed by atoms with E-state index in [0.717, 1.165) is 5.56 Å². The van der Waals surface area contributed by atoms with E-state index in [9.17, 15) is 9.59 Å². The summed E-state index contributed by atoms with van der Waals surface area (Å²) in [6.45, 7) is 8.42. The first-order valence-electron chi connectivity index (χ1n) is 7.91. The van der Waals surface area contributed by atoms with Crippen LogP contribution in [0.15, 0.2) is 48.5 Å². The Labute approximate surface area is 142 Å². The molecule has 2 aromatic carbocycles. The lowest BCUT2D eigenvalue weighted by Crippen LogP contribution is -2.13. The first-order valence-corrected chi connectivity index (χ1v) is 7.91. The summed E-state index contributed by atoms with van der Waals surface area (Å²) < 4.78 is 10.2. The zero-order valence-corrected chi connectivity index (χ0v) is 14.5. The summed E-state index contributed by atoms with van der Waals surface area (Å²) in [5, 5.41) is 0. The van der Waals surface area contributed by atoms with E-state index in [-0.39, 0.29) is 5.41 Å². The van der Waals surface area contributed by atoms with Gasteiger partial charge in [0.1, 0.15) is 5.75 Å². The molecule has 0 aliphatic rings. The largest absolute Gasteiger partial charge is 0.462 e. The average Bonchev–Trinajstić information content (AvgIpc) is 2.55. The quantitative estimate of drug-likeness (QED) is 0.618. The normalized spacial score (nSPS) is 11.0. The van der Waals surface area contributed by atoms with Gasteiger partial charge in [0.25, 0.3) is 0 Å². The minimum Gasteiger partial charge on any atom is -0.462 e. The van der Waals surface area contributed by atoms with Crippen molar-refractivity contribution in [1.29, 1.82) is 0 Å². The molecule has 0 heterocycles. The Bertz CT molecular complexity index is 707. The van der Waals surface area contributed by atoms with Crippen LogP contribution in [0, 0.1) is 0 Å². The SMILES string of the molecule is CCOC(=O)c1ccc(OC(=O)c2ccc(C(C)(C)C)cc2)cc1. The molecule has 24 heavy (non-hydrogen) atoms. The fourth-order valence-corrected chi connectivity index (χ4v) is 2.15. The molecule has 0 aromatic heterocycles. The van der Waals surface area contributed by atoms with E-state index >= 15 is 0 Å². The second-order valence-corrected chi connectivity index (χ2v) is 6.46. The van der Waals surface area contributed by atoms with Gasteiger partial charge in [-0.3, -0.25) is 0 Å². The lowest BCUT2D eigenvalue weighted by Gasteiger charge is -2.18. The van der Waals surface area contributed by atoms with Gasteiger partial charge < -0.3 is 9.47 Å². The van der Waals surface area contributed by atoms with E-state index in [1.54, 1.807) is 43.3 Å². The van der Waals surface area contributed by atoms with Gasteiger partial charge in [0, 0.05) is 0 Å². The summed E-state index contributed by atoms with van der Waals surface area (Å²) in [4.78, 5) is 23.8. The third kappa shape index (κ3) is 4.44. The van der Waals surface area contributed by atoms with Crippen LogP contribution in [-0.4, -0.2) is 18.5 Å². The van der Waals surface area contributed by atoms with Gasteiger partial charge in [-0.15, -0.1) is 0 Å². The van der Waals surface area contributed by atoms with Gasteiger partial charge in [-0.05, 0) is 54.3 Å². The molecule has 0 aliphatic carbocycles. The minimum absolute atomic E-state index is 0.0331. The Kier molecular flexibility index (Phi) is 5.39. The van der Waals surface area contributed by atoms with Crippen LogP contribution in [0.25, 0.3) is 0 Å². The highest BCUT2D eigenvalue weighted by Crippen LogP contribution is 2.22. The van der Waals surface area contributed by atoms with Crippen molar-refractivity contribution in [1.82, 2.24) is 0 Å². The van der Waals surface area contributed by atoms with Crippen LogP contribution in [0.4, 0.5) is 0 Å². The Morgan fingerprint density at radius 3 is 1.83 bits per heavy atom. The smallest absolute Gasteiger partial charge is 0.343 e. The topological polar surface area (TPSA) is 52.6 Å². The highest BCUT2D eigenvalue weighted by molar-refractivity contribution is 5.92. The van der Waals surface area contributed by atoms with Crippen molar-refractivity contribution in [2.45, 2.75) is 33.1 Å². The number of rotatable bonds is 4. The summed E-state index contributed by atoms with van der Waals surface area (Å²) in [7, 11) is 0. The van der Waals surface area contributed by atoms with E-state index in [1.165, 1.54) is 0 Å². The molecule has 0 saturated heterocycles. The van der Waals surface area contributed by atoms with Gasteiger partial charge in [0.15, 0.2) is 0 Å². The third-order valence-electron chi connectivity index (χ3n) is 3.56. The average molecular weight is 326 g/mol. The maximum Gasteiger partial charge on any atom is 0.343 e. The van der Waals surface area contributed by atoms with Crippen molar-refractivity contribution in [3.8, 4) is 5.75 Å². The number of benzene rings is 2. The van der Waals surface area contributed by atoms with Gasteiger partial charge in [-0.1, -0.05) is 32.9 Å². The fraction of sp³-hybridized carbons (Fsp3) is 0.300. The van der Waals surface area contributed by atoms with Crippen LogP contribution in [-0.2, 0) is 10.2 Å². The molecule has 0 amide bonds. The number of esters is 2. The fourth-order valence-electron chi connectivity index (χ4n) is 2.15. The molecule has 0 bridgehead atoms. The van der Waals surface area contributed by atoms with Crippen molar-refractivity contribution in [3.05, 3.63) is 65.2 Å². The molecule has 0 atom stereocenters. The Morgan fingerprint density at radius 1 is 0.833 bits per heavy atom. The van der Waals surface area contributed by atoms with Crippen LogP contribution < -0.4 is 4.74 Å². The predicted molar refractivity (Wildman–Crippen MR) is 92.5 cm³/mol.